The molecule has 0 rings (SSSR count). The summed E-state index contributed by atoms with van der Waals surface area (Å²) in [4.78, 5) is 24.5. The summed E-state index contributed by atoms with van der Waals surface area (Å²) in [5.41, 5.74) is 0. The Balaban J connectivity index is 3.30. The van der Waals surface area contributed by atoms with E-state index in [1.807, 2.05) is 0 Å². The first-order valence-corrected chi connectivity index (χ1v) is 34.4. The Bertz CT molecular complexity index is 1130. The van der Waals surface area contributed by atoms with Gasteiger partial charge < -0.3 is 20.3 Å². The third-order valence-electron chi connectivity index (χ3n) is 16.3. The summed E-state index contributed by atoms with van der Waals surface area (Å²) >= 11 is 0. The monoisotopic (exact) mass is 1060 g/mol. The van der Waals surface area contributed by atoms with Crippen molar-refractivity contribution < 1.29 is 24.5 Å². The van der Waals surface area contributed by atoms with Gasteiger partial charge in [-0.1, -0.05) is 341 Å². The highest BCUT2D eigenvalue weighted by Gasteiger charge is 2.20. The lowest BCUT2D eigenvalue weighted by Crippen LogP contribution is -2.45. The van der Waals surface area contributed by atoms with Crippen molar-refractivity contribution in [3.63, 3.8) is 0 Å². The van der Waals surface area contributed by atoms with Gasteiger partial charge in [-0.25, -0.2) is 0 Å². The molecule has 0 heterocycles. The predicted molar refractivity (Wildman–Crippen MR) is 329 cm³/mol. The molecule has 0 fully saturated rings. The molecule has 75 heavy (non-hydrogen) atoms. The van der Waals surface area contributed by atoms with Crippen molar-refractivity contribution in [3.05, 3.63) is 12.2 Å². The van der Waals surface area contributed by atoms with Crippen molar-refractivity contribution >= 4 is 11.9 Å². The fourth-order valence-electron chi connectivity index (χ4n) is 11.1. The number of aliphatic hydroxyl groups is 2. The Hall–Kier alpha value is -1.40. The summed E-state index contributed by atoms with van der Waals surface area (Å²) < 4.78 is 5.51. The van der Waals surface area contributed by atoms with Gasteiger partial charge in [0, 0.05) is 12.8 Å². The molecule has 2 atom stereocenters. The van der Waals surface area contributed by atoms with E-state index < -0.39 is 12.1 Å². The van der Waals surface area contributed by atoms with Crippen LogP contribution in [-0.4, -0.2) is 47.4 Å². The second kappa shape index (κ2) is 65.1. The van der Waals surface area contributed by atoms with E-state index in [4.69, 9.17) is 4.74 Å². The van der Waals surface area contributed by atoms with Gasteiger partial charge in [-0.3, -0.25) is 9.59 Å². The van der Waals surface area contributed by atoms with Crippen molar-refractivity contribution in [1.29, 1.82) is 0 Å². The molecule has 0 saturated carbocycles. The van der Waals surface area contributed by atoms with Crippen LogP contribution in [0.25, 0.3) is 0 Å². The van der Waals surface area contributed by atoms with Gasteiger partial charge in [0.15, 0.2) is 0 Å². The summed E-state index contributed by atoms with van der Waals surface area (Å²) in [5.74, 6) is -0.0113. The minimum absolute atomic E-state index is 0.0227. The van der Waals surface area contributed by atoms with Crippen LogP contribution in [0, 0.1) is 0 Å². The maximum Gasteiger partial charge on any atom is 0.305 e. The van der Waals surface area contributed by atoms with Crippen molar-refractivity contribution in [2.45, 2.75) is 405 Å². The van der Waals surface area contributed by atoms with Crippen molar-refractivity contribution in [3.8, 4) is 0 Å². The number of hydrogen-bond acceptors (Lipinski definition) is 5. The van der Waals surface area contributed by atoms with E-state index in [1.54, 1.807) is 0 Å². The molecule has 6 nitrogen and oxygen atoms in total. The summed E-state index contributed by atoms with van der Waals surface area (Å²) in [6.45, 7) is 4.97. The van der Waals surface area contributed by atoms with Crippen LogP contribution < -0.4 is 5.32 Å². The first kappa shape index (κ1) is 73.6. The second-order valence-electron chi connectivity index (χ2n) is 23.9. The SMILES string of the molecule is CCCCCCCCCCCCCCCCCCCCCC(=O)OCCCCCCCCCCCCCC/C=C\CCCCCCCCCCCCCCCCC(=O)NC(CO)C(O)CCCCCCCCCCC. The zero-order valence-electron chi connectivity index (χ0n) is 51.1. The van der Waals surface area contributed by atoms with Crippen LogP contribution in [0.1, 0.15) is 393 Å². The van der Waals surface area contributed by atoms with Crippen molar-refractivity contribution in [2.75, 3.05) is 13.2 Å². The highest BCUT2D eigenvalue weighted by Crippen LogP contribution is 2.19. The topological polar surface area (TPSA) is 95.9 Å². The molecule has 3 N–H and O–H groups in total. The summed E-state index contributed by atoms with van der Waals surface area (Å²) in [6.07, 6.45) is 79.9. The van der Waals surface area contributed by atoms with E-state index in [1.165, 1.54) is 321 Å². The van der Waals surface area contributed by atoms with Crippen LogP contribution in [0.3, 0.4) is 0 Å². The molecule has 0 spiro atoms. The van der Waals surface area contributed by atoms with E-state index in [-0.39, 0.29) is 18.5 Å². The highest BCUT2D eigenvalue weighted by atomic mass is 16.5. The maximum absolute atomic E-state index is 12.4. The smallest absolute Gasteiger partial charge is 0.305 e. The first-order valence-electron chi connectivity index (χ1n) is 34.4. The zero-order valence-corrected chi connectivity index (χ0v) is 51.1. The zero-order chi connectivity index (χ0) is 54.3. The highest BCUT2D eigenvalue weighted by molar-refractivity contribution is 5.76. The van der Waals surface area contributed by atoms with Gasteiger partial charge in [0.1, 0.15) is 0 Å². The molecule has 0 aromatic carbocycles. The number of unbranched alkanes of at least 4 members (excludes halogenated alkanes) is 52. The molecule has 6 heteroatoms. The number of carbonyl (C=O) groups is 2. The molecule has 0 aliphatic heterocycles. The van der Waals surface area contributed by atoms with E-state index in [0.717, 1.165) is 38.5 Å². The third-order valence-corrected chi connectivity index (χ3v) is 16.3. The molecule has 0 aromatic heterocycles. The summed E-state index contributed by atoms with van der Waals surface area (Å²) in [5, 5.41) is 23.1. The third kappa shape index (κ3) is 61.7. The van der Waals surface area contributed by atoms with E-state index >= 15 is 0 Å². The van der Waals surface area contributed by atoms with Gasteiger partial charge in [-0.2, -0.15) is 0 Å². The summed E-state index contributed by atoms with van der Waals surface area (Å²) in [7, 11) is 0. The summed E-state index contributed by atoms with van der Waals surface area (Å²) in [6, 6.07) is -0.537. The number of esters is 1. The lowest BCUT2D eigenvalue weighted by atomic mass is 10.0. The Morgan fingerprint density at radius 2 is 0.627 bits per heavy atom. The average Bonchev–Trinajstić information content (AvgIpc) is 3.41. The lowest BCUT2D eigenvalue weighted by Gasteiger charge is -2.22. The quantitative estimate of drug-likeness (QED) is 0.0320. The number of carbonyl (C=O) groups excluding carboxylic acids is 2. The standard InChI is InChI=1S/C69H135NO5/c1-3-5-7-9-11-13-14-15-16-17-30-34-37-40-43-47-51-55-59-63-69(74)75-64-60-56-52-48-44-41-38-35-32-29-27-25-23-21-19-18-20-22-24-26-28-31-33-36-39-42-46-50-54-58-62-68(73)70-66(65-71)67(72)61-57-53-49-45-12-10-8-6-4-2/h19,21,66-67,71-72H,3-18,20,22-65H2,1-2H3,(H,70,73)/b21-19-. The Morgan fingerprint density at radius 1 is 0.360 bits per heavy atom. The van der Waals surface area contributed by atoms with E-state index in [9.17, 15) is 19.8 Å². The molecule has 1 amide bonds. The minimum atomic E-state index is -0.660. The molecular formula is C69H135NO5. The van der Waals surface area contributed by atoms with Crippen LogP contribution in [-0.2, 0) is 14.3 Å². The molecule has 2 unspecified atom stereocenters. The van der Waals surface area contributed by atoms with Gasteiger partial charge in [-0.15, -0.1) is 0 Å². The molecule has 0 saturated heterocycles. The van der Waals surface area contributed by atoms with Gasteiger partial charge in [0.25, 0.3) is 0 Å². The first-order chi connectivity index (χ1) is 37.0. The number of rotatable bonds is 65. The van der Waals surface area contributed by atoms with Gasteiger partial charge >= 0.3 is 5.97 Å². The predicted octanol–water partition coefficient (Wildman–Crippen LogP) is 22.0. The Labute approximate surface area is 469 Å². The van der Waals surface area contributed by atoms with E-state index in [0.29, 0.717) is 25.9 Å². The van der Waals surface area contributed by atoms with Gasteiger partial charge in [0.05, 0.1) is 25.4 Å². The van der Waals surface area contributed by atoms with Crippen molar-refractivity contribution in [2.24, 2.45) is 0 Å². The molecule has 0 bridgehead atoms. The van der Waals surface area contributed by atoms with Crippen LogP contribution >= 0.6 is 0 Å². The van der Waals surface area contributed by atoms with Crippen molar-refractivity contribution in [1.82, 2.24) is 5.32 Å². The van der Waals surface area contributed by atoms with Crippen LogP contribution in [0.15, 0.2) is 12.2 Å². The number of amides is 1. The maximum atomic E-state index is 12.4. The van der Waals surface area contributed by atoms with E-state index in [2.05, 4.69) is 31.3 Å². The molecule has 446 valence electrons. The fraction of sp³-hybridized carbons (Fsp3) is 0.942. The number of aliphatic hydroxyl groups excluding tert-OH is 2. The molecule has 0 aliphatic carbocycles. The lowest BCUT2D eigenvalue weighted by molar-refractivity contribution is -0.143. The van der Waals surface area contributed by atoms with Crippen LogP contribution in [0.2, 0.25) is 0 Å². The largest absolute Gasteiger partial charge is 0.466 e. The van der Waals surface area contributed by atoms with Gasteiger partial charge in [-0.05, 0) is 51.4 Å². The minimum Gasteiger partial charge on any atom is -0.466 e. The molecule has 0 radical (unpaired) electrons. The second-order valence-corrected chi connectivity index (χ2v) is 23.9. The van der Waals surface area contributed by atoms with Crippen LogP contribution in [0.5, 0.6) is 0 Å². The molecular weight excluding hydrogens is 923 g/mol. The number of allylic oxidation sites excluding steroid dienone is 2. The number of hydrogen-bond donors (Lipinski definition) is 3. The van der Waals surface area contributed by atoms with Crippen LogP contribution in [0.4, 0.5) is 0 Å². The fourth-order valence-corrected chi connectivity index (χ4v) is 11.1. The Kier molecular flexibility index (Phi) is 63.9. The molecule has 0 aromatic rings. The average molecular weight is 1060 g/mol. The normalized spacial score (nSPS) is 12.5. The van der Waals surface area contributed by atoms with Gasteiger partial charge in [0.2, 0.25) is 5.91 Å². The molecule has 0 aliphatic rings. The number of ether oxygens (including phenoxy) is 1. The Morgan fingerprint density at radius 3 is 0.947 bits per heavy atom. The number of nitrogens with one attached hydrogen (secondary N) is 1.